The van der Waals surface area contributed by atoms with E-state index in [1.165, 1.54) is 16.0 Å². The number of aliphatic hydroxyl groups is 2. The van der Waals surface area contributed by atoms with Gasteiger partial charge in [0.2, 0.25) is 5.91 Å². The molecule has 0 fully saturated rings. The molecule has 4 N–H and O–H groups in total. The number of anilines is 2. The van der Waals surface area contributed by atoms with Gasteiger partial charge in [-0.2, -0.15) is 0 Å². The molecule has 6 nitrogen and oxygen atoms in total. The SMILES string of the molecule is CC1=C(c2sccc2C)c2ccccc2C1C1C(=O)Nc2ccc(NC(=O)C(O)CO)cc21. The lowest BCUT2D eigenvalue weighted by atomic mass is 9.80. The van der Waals surface area contributed by atoms with Gasteiger partial charge in [-0.3, -0.25) is 9.59 Å². The summed E-state index contributed by atoms with van der Waals surface area (Å²) in [7, 11) is 0. The topological polar surface area (TPSA) is 98.7 Å². The fourth-order valence-electron chi connectivity index (χ4n) is 4.96. The lowest BCUT2D eigenvalue weighted by molar-refractivity contribution is -0.125. The minimum Gasteiger partial charge on any atom is -0.393 e. The number of amides is 2. The number of nitrogens with one attached hydrogen (secondary N) is 2. The van der Waals surface area contributed by atoms with E-state index in [-0.39, 0.29) is 11.8 Å². The van der Waals surface area contributed by atoms with Crippen LogP contribution in [0.1, 0.15) is 45.9 Å². The van der Waals surface area contributed by atoms with Crippen LogP contribution in [0.2, 0.25) is 0 Å². The van der Waals surface area contributed by atoms with Crippen molar-refractivity contribution in [3.8, 4) is 0 Å². The predicted molar refractivity (Wildman–Crippen MR) is 129 cm³/mol. The van der Waals surface area contributed by atoms with Gasteiger partial charge in [-0.1, -0.05) is 29.8 Å². The van der Waals surface area contributed by atoms with Crippen molar-refractivity contribution >= 4 is 40.1 Å². The first-order valence-electron chi connectivity index (χ1n) is 10.8. The number of aliphatic hydroxyl groups excluding tert-OH is 2. The van der Waals surface area contributed by atoms with Gasteiger partial charge in [-0.15, -0.1) is 11.3 Å². The maximum absolute atomic E-state index is 13.2. The lowest BCUT2D eigenvalue weighted by Gasteiger charge is -2.21. The van der Waals surface area contributed by atoms with Crippen LogP contribution in [-0.4, -0.2) is 34.7 Å². The van der Waals surface area contributed by atoms with Crippen LogP contribution in [0.15, 0.2) is 59.5 Å². The highest BCUT2D eigenvalue weighted by Crippen LogP contribution is 2.54. The molecule has 0 bridgehead atoms. The van der Waals surface area contributed by atoms with Gasteiger partial charge in [0.15, 0.2) is 6.10 Å². The number of fused-ring (bicyclic) bond motifs is 2. The van der Waals surface area contributed by atoms with Gasteiger partial charge >= 0.3 is 0 Å². The Morgan fingerprint density at radius 2 is 1.91 bits per heavy atom. The molecule has 0 radical (unpaired) electrons. The van der Waals surface area contributed by atoms with E-state index in [2.05, 4.69) is 48.1 Å². The molecule has 3 unspecified atom stereocenters. The Morgan fingerprint density at radius 1 is 1.12 bits per heavy atom. The summed E-state index contributed by atoms with van der Waals surface area (Å²) < 4.78 is 0. The van der Waals surface area contributed by atoms with Crippen molar-refractivity contribution in [2.24, 2.45) is 0 Å². The summed E-state index contributed by atoms with van der Waals surface area (Å²) in [6.45, 7) is 3.55. The smallest absolute Gasteiger partial charge is 0.255 e. The average molecular weight is 461 g/mol. The standard InChI is InChI=1S/C26H24N2O4S/c1-13-9-10-33-24(13)22-14(2)21(16-5-3-4-6-17(16)22)23-18-11-15(27-25(31)20(30)12-29)7-8-19(18)28-26(23)32/h3-11,20-21,23,29-30H,12H2,1-2H3,(H,27,31)(H,28,32). The fraction of sp³-hybridized carbons (Fsp3) is 0.231. The van der Waals surface area contributed by atoms with Gasteiger partial charge in [-0.05, 0) is 71.3 Å². The van der Waals surface area contributed by atoms with Crippen molar-refractivity contribution in [3.05, 3.63) is 86.6 Å². The average Bonchev–Trinajstić information content (AvgIpc) is 3.45. The second-order valence-electron chi connectivity index (χ2n) is 8.51. The number of hydrogen-bond acceptors (Lipinski definition) is 5. The van der Waals surface area contributed by atoms with Crippen LogP contribution in [-0.2, 0) is 9.59 Å². The van der Waals surface area contributed by atoms with Gasteiger partial charge in [0.1, 0.15) is 0 Å². The summed E-state index contributed by atoms with van der Waals surface area (Å²) in [5.74, 6) is -1.34. The molecule has 168 valence electrons. The minimum atomic E-state index is -1.50. The highest BCUT2D eigenvalue weighted by Gasteiger charge is 2.43. The number of allylic oxidation sites excluding steroid dienone is 1. The Kier molecular flexibility index (Phi) is 5.40. The van der Waals surface area contributed by atoms with Crippen molar-refractivity contribution in [2.75, 3.05) is 17.2 Å². The molecule has 2 heterocycles. The molecule has 1 aromatic heterocycles. The summed E-state index contributed by atoms with van der Waals surface area (Å²) in [4.78, 5) is 26.5. The monoisotopic (exact) mass is 460 g/mol. The third-order valence-corrected chi connectivity index (χ3v) is 7.55. The number of thiophene rings is 1. The van der Waals surface area contributed by atoms with Gasteiger partial charge in [0.25, 0.3) is 5.91 Å². The predicted octanol–water partition coefficient (Wildman–Crippen LogP) is 4.00. The van der Waals surface area contributed by atoms with Crippen LogP contribution >= 0.6 is 11.3 Å². The summed E-state index contributed by atoms with van der Waals surface area (Å²) in [5.41, 5.74) is 7.83. The van der Waals surface area contributed by atoms with E-state index >= 15 is 0 Å². The van der Waals surface area contributed by atoms with E-state index in [9.17, 15) is 14.7 Å². The Labute approximate surface area is 195 Å². The van der Waals surface area contributed by atoms with Crippen LogP contribution < -0.4 is 10.6 Å². The van der Waals surface area contributed by atoms with Crippen LogP contribution in [0.3, 0.4) is 0 Å². The van der Waals surface area contributed by atoms with Gasteiger partial charge < -0.3 is 20.8 Å². The fourth-order valence-corrected chi connectivity index (χ4v) is 6.01. The molecule has 0 saturated heterocycles. The number of carbonyl (C=O) groups is 2. The Balaban J connectivity index is 1.60. The molecular weight excluding hydrogens is 436 g/mol. The van der Waals surface area contributed by atoms with Crippen molar-refractivity contribution in [1.82, 2.24) is 0 Å². The number of hydrogen-bond donors (Lipinski definition) is 4. The molecule has 3 atom stereocenters. The highest BCUT2D eigenvalue weighted by atomic mass is 32.1. The minimum absolute atomic E-state index is 0.0767. The highest BCUT2D eigenvalue weighted by molar-refractivity contribution is 7.11. The first-order valence-corrected chi connectivity index (χ1v) is 11.7. The third kappa shape index (κ3) is 3.49. The zero-order valence-electron chi connectivity index (χ0n) is 18.3. The molecule has 2 amide bonds. The summed E-state index contributed by atoms with van der Waals surface area (Å²) in [5, 5.41) is 26.3. The largest absolute Gasteiger partial charge is 0.393 e. The Hall–Kier alpha value is -3.26. The van der Waals surface area contributed by atoms with E-state index in [0.29, 0.717) is 5.69 Å². The zero-order valence-corrected chi connectivity index (χ0v) is 19.1. The summed E-state index contributed by atoms with van der Waals surface area (Å²) in [6.07, 6.45) is -1.50. The van der Waals surface area contributed by atoms with E-state index in [1.807, 2.05) is 12.1 Å². The number of rotatable bonds is 5. The molecule has 2 aromatic carbocycles. The van der Waals surface area contributed by atoms with Crippen LogP contribution in [0.4, 0.5) is 11.4 Å². The molecule has 0 saturated carbocycles. The van der Waals surface area contributed by atoms with Gasteiger partial charge in [0.05, 0.1) is 12.5 Å². The Morgan fingerprint density at radius 3 is 2.64 bits per heavy atom. The van der Waals surface area contributed by atoms with Gasteiger partial charge in [-0.25, -0.2) is 0 Å². The molecule has 7 heteroatoms. The van der Waals surface area contributed by atoms with Crippen molar-refractivity contribution in [1.29, 1.82) is 0 Å². The molecule has 5 rings (SSSR count). The van der Waals surface area contributed by atoms with Crippen LogP contribution in [0.25, 0.3) is 5.57 Å². The molecule has 0 spiro atoms. The van der Waals surface area contributed by atoms with Crippen LogP contribution in [0, 0.1) is 6.92 Å². The second kappa shape index (κ2) is 8.26. The number of carbonyl (C=O) groups excluding carboxylic acids is 2. The molecule has 3 aromatic rings. The summed E-state index contributed by atoms with van der Waals surface area (Å²) in [6, 6.07) is 15.6. The van der Waals surface area contributed by atoms with E-state index in [4.69, 9.17) is 5.11 Å². The van der Waals surface area contributed by atoms with Crippen molar-refractivity contribution in [3.63, 3.8) is 0 Å². The zero-order chi connectivity index (χ0) is 23.3. The van der Waals surface area contributed by atoms with E-state index in [1.54, 1.807) is 29.5 Å². The van der Waals surface area contributed by atoms with E-state index < -0.39 is 24.5 Å². The number of benzene rings is 2. The Bertz CT molecular complexity index is 1310. The van der Waals surface area contributed by atoms with Crippen LogP contribution in [0.5, 0.6) is 0 Å². The van der Waals surface area contributed by atoms with Crippen molar-refractivity contribution in [2.45, 2.75) is 31.8 Å². The molecule has 1 aliphatic heterocycles. The maximum atomic E-state index is 13.2. The maximum Gasteiger partial charge on any atom is 0.255 e. The molecule has 2 aliphatic rings. The third-order valence-electron chi connectivity index (χ3n) is 6.52. The lowest BCUT2D eigenvalue weighted by Crippen LogP contribution is -2.30. The second-order valence-corrected chi connectivity index (χ2v) is 9.43. The number of aryl methyl sites for hydroxylation is 1. The molecule has 1 aliphatic carbocycles. The quantitative estimate of drug-likeness (QED) is 0.463. The molecule has 33 heavy (non-hydrogen) atoms. The first-order chi connectivity index (χ1) is 15.9. The van der Waals surface area contributed by atoms with Gasteiger partial charge in [0, 0.05) is 22.2 Å². The molecular formula is C26H24N2O4S. The van der Waals surface area contributed by atoms with Crippen molar-refractivity contribution < 1.29 is 19.8 Å². The normalized spacial score (nSPS) is 19.8. The van der Waals surface area contributed by atoms with E-state index in [0.717, 1.165) is 28.0 Å². The summed E-state index contributed by atoms with van der Waals surface area (Å²) >= 11 is 1.71. The first kappa shape index (κ1) is 21.6.